The average molecular weight is 369 g/mol. The van der Waals surface area contributed by atoms with E-state index < -0.39 is 24.1 Å². The highest BCUT2D eigenvalue weighted by Crippen LogP contribution is 2.23. The summed E-state index contributed by atoms with van der Waals surface area (Å²) in [5.74, 6) is -1.48. The summed E-state index contributed by atoms with van der Waals surface area (Å²) in [7, 11) is 0. The number of esters is 1. The Hall–Kier alpha value is -2.15. The lowest BCUT2D eigenvalue weighted by molar-refractivity contribution is -0.162. The van der Waals surface area contributed by atoms with E-state index in [1.54, 1.807) is 30.3 Å². The summed E-state index contributed by atoms with van der Waals surface area (Å²) in [6.45, 7) is 1.37. The highest BCUT2D eigenvalue weighted by Gasteiger charge is 2.25. The van der Waals surface area contributed by atoms with E-state index in [1.165, 1.54) is 19.2 Å². The third-order valence-electron chi connectivity index (χ3n) is 3.05. The molecular weight excluding hydrogens is 355 g/mol. The molecule has 24 heavy (non-hydrogen) atoms. The predicted octanol–water partition coefficient (Wildman–Crippen LogP) is 2.99. The molecule has 126 valence electrons. The number of amides is 1. The largest absolute Gasteiger partial charge is 0.450 e. The zero-order chi connectivity index (χ0) is 17.7. The van der Waals surface area contributed by atoms with Gasteiger partial charge in [-0.1, -0.05) is 53.5 Å². The van der Waals surface area contributed by atoms with Gasteiger partial charge in [0.2, 0.25) is 0 Å². The number of anilines is 1. The number of aliphatic hydroxyl groups is 1. The number of hydrogen-bond acceptors (Lipinski definition) is 5. The molecule has 2 N–H and O–H groups in total. The second-order valence-corrected chi connectivity index (χ2v) is 5.71. The van der Waals surface area contributed by atoms with E-state index in [-0.39, 0.29) is 10.8 Å². The predicted molar refractivity (Wildman–Crippen MR) is 89.8 cm³/mol. The maximum atomic E-state index is 12.0. The molecule has 1 amide bonds. The lowest BCUT2D eigenvalue weighted by Crippen LogP contribution is -2.32. The van der Waals surface area contributed by atoms with Gasteiger partial charge in [0.25, 0.3) is 5.91 Å². The number of halogens is 2. The van der Waals surface area contributed by atoms with Gasteiger partial charge in [-0.15, -0.1) is 0 Å². The van der Waals surface area contributed by atoms with Crippen LogP contribution in [0.15, 0.2) is 42.6 Å². The first-order chi connectivity index (χ1) is 11.4. The van der Waals surface area contributed by atoms with Crippen molar-refractivity contribution in [2.45, 2.75) is 19.1 Å². The number of carbonyl (C=O) groups is 2. The zero-order valence-corrected chi connectivity index (χ0v) is 14.1. The van der Waals surface area contributed by atoms with Gasteiger partial charge in [0, 0.05) is 6.20 Å². The van der Waals surface area contributed by atoms with Crippen molar-refractivity contribution in [3.63, 3.8) is 0 Å². The fourth-order valence-electron chi connectivity index (χ4n) is 1.79. The van der Waals surface area contributed by atoms with Crippen molar-refractivity contribution in [1.29, 1.82) is 0 Å². The van der Waals surface area contributed by atoms with Crippen molar-refractivity contribution in [2.24, 2.45) is 0 Å². The van der Waals surface area contributed by atoms with Gasteiger partial charge in [-0.05, 0) is 18.6 Å². The Morgan fingerprint density at radius 3 is 2.54 bits per heavy atom. The van der Waals surface area contributed by atoms with E-state index in [1.807, 2.05) is 0 Å². The van der Waals surface area contributed by atoms with Crippen molar-refractivity contribution in [3.8, 4) is 0 Å². The molecule has 2 aromatic rings. The Morgan fingerprint density at radius 2 is 1.92 bits per heavy atom. The number of aliphatic hydroxyl groups excluding tert-OH is 1. The van der Waals surface area contributed by atoms with Crippen molar-refractivity contribution in [3.05, 3.63) is 58.2 Å². The molecule has 1 heterocycles. The molecule has 0 saturated carbocycles. The standard InChI is InChI=1S/C16H14Cl2N2O4/c1-9(15(22)20-14-12(18)7-11(17)8-19-14)24-16(23)13(21)10-5-3-2-4-6-10/h2-9,13,21H,1H3,(H,19,20,22)/t9-,13+/m0/s1. The van der Waals surface area contributed by atoms with Gasteiger partial charge in [-0.25, -0.2) is 9.78 Å². The highest BCUT2D eigenvalue weighted by atomic mass is 35.5. The number of pyridine rings is 1. The lowest BCUT2D eigenvalue weighted by atomic mass is 10.1. The molecule has 0 aliphatic heterocycles. The molecule has 0 unspecified atom stereocenters. The number of benzene rings is 1. The van der Waals surface area contributed by atoms with Gasteiger partial charge in [0.05, 0.1) is 10.0 Å². The normalized spacial score (nSPS) is 13.0. The summed E-state index contributed by atoms with van der Waals surface area (Å²) in [6.07, 6.45) is -1.30. The summed E-state index contributed by atoms with van der Waals surface area (Å²) >= 11 is 11.6. The minimum atomic E-state index is -1.47. The molecule has 1 aromatic heterocycles. The number of hydrogen-bond donors (Lipinski definition) is 2. The van der Waals surface area contributed by atoms with Crippen LogP contribution >= 0.6 is 23.2 Å². The van der Waals surface area contributed by atoms with Crippen molar-refractivity contribution >= 4 is 40.9 Å². The summed E-state index contributed by atoms with van der Waals surface area (Å²) in [6, 6.07) is 9.68. The van der Waals surface area contributed by atoms with Gasteiger partial charge < -0.3 is 15.2 Å². The molecule has 0 aliphatic rings. The molecule has 2 rings (SSSR count). The third kappa shape index (κ3) is 4.67. The first-order valence-corrected chi connectivity index (χ1v) is 7.69. The molecule has 0 bridgehead atoms. The van der Waals surface area contributed by atoms with Gasteiger partial charge in [0.15, 0.2) is 18.0 Å². The minimum absolute atomic E-state index is 0.0950. The zero-order valence-electron chi connectivity index (χ0n) is 12.6. The van der Waals surface area contributed by atoms with Crippen molar-refractivity contribution in [2.75, 3.05) is 5.32 Å². The SMILES string of the molecule is C[C@H](OC(=O)[C@H](O)c1ccccc1)C(=O)Nc1ncc(Cl)cc1Cl. The van der Waals surface area contributed by atoms with E-state index in [0.29, 0.717) is 10.6 Å². The van der Waals surface area contributed by atoms with Crippen LogP contribution in [0.5, 0.6) is 0 Å². The monoisotopic (exact) mass is 368 g/mol. The molecule has 0 aliphatic carbocycles. The number of aromatic nitrogens is 1. The topological polar surface area (TPSA) is 88.5 Å². The second kappa shape index (κ2) is 8.10. The van der Waals surface area contributed by atoms with E-state index in [4.69, 9.17) is 27.9 Å². The summed E-state index contributed by atoms with van der Waals surface area (Å²) in [4.78, 5) is 27.8. The number of nitrogens with zero attached hydrogens (tertiary/aromatic N) is 1. The van der Waals surface area contributed by atoms with Gasteiger partial charge >= 0.3 is 5.97 Å². The molecule has 0 fully saturated rings. The van der Waals surface area contributed by atoms with Crippen LogP contribution in [-0.4, -0.2) is 28.1 Å². The molecule has 0 spiro atoms. The van der Waals surface area contributed by atoms with E-state index in [9.17, 15) is 14.7 Å². The summed E-state index contributed by atoms with van der Waals surface area (Å²) < 4.78 is 4.97. The van der Waals surface area contributed by atoms with E-state index >= 15 is 0 Å². The van der Waals surface area contributed by atoms with Crippen LogP contribution in [0.25, 0.3) is 0 Å². The molecule has 8 heteroatoms. The Morgan fingerprint density at radius 1 is 1.25 bits per heavy atom. The number of nitrogens with one attached hydrogen (secondary N) is 1. The fourth-order valence-corrected chi connectivity index (χ4v) is 2.22. The molecule has 6 nitrogen and oxygen atoms in total. The molecule has 0 radical (unpaired) electrons. The van der Waals surface area contributed by atoms with Crippen LogP contribution in [0, 0.1) is 0 Å². The number of carbonyl (C=O) groups excluding carboxylic acids is 2. The lowest BCUT2D eigenvalue weighted by Gasteiger charge is -2.16. The van der Waals surface area contributed by atoms with Gasteiger partial charge in [-0.2, -0.15) is 0 Å². The smallest absolute Gasteiger partial charge is 0.340 e. The Labute approximate surface area is 148 Å². The fraction of sp³-hybridized carbons (Fsp3) is 0.188. The maximum Gasteiger partial charge on any atom is 0.340 e. The Balaban J connectivity index is 1.97. The first kappa shape index (κ1) is 18.2. The van der Waals surface area contributed by atoms with Crippen molar-refractivity contribution in [1.82, 2.24) is 4.98 Å². The van der Waals surface area contributed by atoms with Crippen LogP contribution < -0.4 is 5.32 Å². The Kier molecular flexibility index (Phi) is 6.14. The molecule has 1 aromatic carbocycles. The van der Waals surface area contributed by atoms with E-state index in [2.05, 4.69) is 10.3 Å². The molecular formula is C16H14Cl2N2O4. The summed E-state index contributed by atoms with van der Waals surface area (Å²) in [5.41, 5.74) is 0.373. The average Bonchev–Trinajstić information content (AvgIpc) is 2.57. The molecule has 0 saturated heterocycles. The van der Waals surface area contributed by atoms with Gasteiger partial charge in [0.1, 0.15) is 0 Å². The van der Waals surface area contributed by atoms with E-state index in [0.717, 1.165) is 0 Å². The third-order valence-corrected chi connectivity index (χ3v) is 3.54. The number of rotatable bonds is 5. The summed E-state index contributed by atoms with van der Waals surface area (Å²) in [5, 5.41) is 12.8. The van der Waals surface area contributed by atoms with Gasteiger partial charge in [-0.3, -0.25) is 4.79 Å². The number of ether oxygens (including phenoxy) is 1. The van der Waals surface area contributed by atoms with Crippen LogP contribution in [0.2, 0.25) is 10.0 Å². The van der Waals surface area contributed by atoms with Crippen LogP contribution in [0.4, 0.5) is 5.82 Å². The van der Waals surface area contributed by atoms with Crippen LogP contribution in [-0.2, 0) is 14.3 Å². The highest BCUT2D eigenvalue weighted by molar-refractivity contribution is 6.36. The first-order valence-electron chi connectivity index (χ1n) is 6.94. The van der Waals surface area contributed by atoms with Crippen LogP contribution in [0.1, 0.15) is 18.6 Å². The molecule has 2 atom stereocenters. The van der Waals surface area contributed by atoms with Crippen molar-refractivity contribution < 1.29 is 19.4 Å². The second-order valence-electron chi connectivity index (χ2n) is 4.87. The quantitative estimate of drug-likeness (QED) is 0.791. The van der Waals surface area contributed by atoms with Crippen LogP contribution in [0.3, 0.4) is 0 Å². The Bertz CT molecular complexity index is 740. The minimum Gasteiger partial charge on any atom is -0.450 e. The maximum absolute atomic E-state index is 12.0.